The summed E-state index contributed by atoms with van der Waals surface area (Å²) >= 11 is 0. The molecule has 4 rings (SSSR count). The van der Waals surface area contributed by atoms with Crippen molar-refractivity contribution in [1.29, 1.82) is 0 Å². The van der Waals surface area contributed by atoms with Crippen LogP contribution in [0.25, 0.3) is 5.57 Å². The number of carbonyl (C=O) groups excluding carboxylic acids is 2. The number of morpholine rings is 1. The molecule has 2 amide bonds. The van der Waals surface area contributed by atoms with E-state index < -0.39 is 0 Å². The molecule has 0 radical (unpaired) electrons. The van der Waals surface area contributed by atoms with E-state index in [1.807, 2.05) is 74.2 Å². The highest BCUT2D eigenvalue weighted by Crippen LogP contribution is 2.35. The van der Waals surface area contributed by atoms with Gasteiger partial charge in [-0.1, -0.05) is 29.8 Å². The molecule has 2 aliphatic heterocycles. The first-order chi connectivity index (χ1) is 14.5. The maximum atomic E-state index is 13.5. The maximum Gasteiger partial charge on any atom is 0.282 e. The number of anilines is 1. The second-order valence-corrected chi connectivity index (χ2v) is 7.80. The average molecular weight is 406 g/mol. The minimum absolute atomic E-state index is 0.0608. The van der Waals surface area contributed by atoms with E-state index in [2.05, 4.69) is 0 Å². The van der Waals surface area contributed by atoms with Crippen LogP contribution in [0.15, 0.2) is 54.2 Å². The lowest BCUT2D eigenvalue weighted by Crippen LogP contribution is -2.40. The SMILES string of the molecule is Cc1ccc(N2C(=O)C(c3ccc(OC(C)C)cc3)=C(N3CCOCC3)C2=O)cc1. The van der Waals surface area contributed by atoms with Crippen molar-refractivity contribution in [3.63, 3.8) is 0 Å². The molecule has 0 unspecified atom stereocenters. The van der Waals surface area contributed by atoms with Crippen molar-refractivity contribution < 1.29 is 19.1 Å². The zero-order valence-corrected chi connectivity index (χ0v) is 17.6. The van der Waals surface area contributed by atoms with Gasteiger partial charge >= 0.3 is 0 Å². The molecule has 2 aromatic carbocycles. The summed E-state index contributed by atoms with van der Waals surface area (Å²) < 4.78 is 11.2. The number of ether oxygens (including phenoxy) is 2. The van der Waals surface area contributed by atoms with E-state index in [9.17, 15) is 9.59 Å². The highest BCUT2D eigenvalue weighted by atomic mass is 16.5. The Bertz CT molecular complexity index is 971. The Kier molecular flexibility index (Phi) is 5.59. The van der Waals surface area contributed by atoms with E-state index >= 15 is 0 Å². The topological polar surface area (TPSA) is 59.1 Å². The number of imide groups is 1. The molecule has 6 heteroatoms. The number of rotatable bonds is 5. The molecular weight excluding hydrogens is 380 g/mol. The normalized spacial score (nSPS) is 17.3. The lowest BCUT2D eigenvalue weighted by Gasteiger charge is -2.29. The van der Waals surface area contributed by atoms with Crippen LogP contribution in [0.4, 0.5) is 5.69 Å². The third-order valence-corrected chi connectivity index (χ3v) is 5.19. The minimum Gasteiger partial charge on any atom is -0.491 e. The molecule has 0 saturated carbocycles. The summed E-state index contributed by atoms with van der Waals surface area (Å²) in [5, 5.41) is 0. The number of hydrogen-bond donors (Lipinski definition) is 0. The molecule has 0 aliphatic carbocycles. The molecule has 0 N–H and O–H groups in total. The van der Waals surface area contributed by atoms with E-state index in [-0.39, 0.29) is 17.9 Å². The van der Waals surface area contributed by atoms with E-state index in [0.29, 0.717) is 48.8 Å². The van der Waals surface area contributed by atoms with Crippen molar-refractivity contribution in [3.8, 4) is 5.75 Å². The van der Waals surface area contributed by atoms with E-state index in [0.717, 1.165) is 11.3 Å². The highest BCUT2D eigenvalue weighted by molar-refractivity contribution is 6.45. The lowest BCUT2D eigenvalue weighted by molar-refractivity contribution is -0.121. The summed E-state index contributed by atoms with van der Waals surface area (Å²) in [6, 6.07) is 14.8. The van der Waals surface area contributed by atoms with Gasteiger partial charge in [-0.2, -0.15) is 0 Å². The average Bonchev–Trinajstić information content (AvgIpc) is 3.00. The van der Waals surface area contributed by atoms with Gasteiger partial charge in [0.15, 0.2) is 0 Å². The Labute approximate surface area is 176 Å². The number of carbonyl (C=O) groups is 2. The molecule has 0 atom stereocenters. The van der Waals surface area contributed by atoms with E-state index in [1.54, 1.807) is 0 Å². The first-order valence-corrected chi connectivity index (χ1v) is 10.2. The van der Waals surface area contributed by atoms with Gasteiger partial charge in [0.1, 0.15) is 11.4 Å². The van der Waals surface area contributed by atoms with Gasteiger partial charge in [0.2, 0.25) is 0 Å². The Hall–Kier alpha value is -3.12. The van der Waals surface area contributed by atoms with Crippen molar-refractivity contribution in [1.82, 2.24) is 4.90 Å². The van der Waals surface area contributed by atoms with Crippen LogP contribution in [-0.2, 0) is 14.3 Å². The minimum atomic E-state index is -0.303. The third-order valence-electron chi connectivity index (χ3n) is 5.19. The van der Waals surface area contributed by atoms with Gasteiger partial charge in [-0.05, 0) is 50.6 Å². The molecule has 1 fully saturated rings. The largest absolute Gasteiger partial charge is 0.491 e. The number of benzene rings is 2. The van der Waals surface area contributed by atoms with Gasteiger partial charge in [-0.3, -0.25) is 9.59 Å². The number of hydrogen-bond acceptors (Lipinski definition) is 5. The first-order valence-electron chi connectivity index (χ1n) is 10.2. The quantitative estimate of drug-likeness (QED) is 0.713. The van der Waals surface area contributed by atoms with Crippen LogP contribution in [0.2, 0.25) is 0 Å². The third kappa shape index (κ3) is 3.83. The van der Waals surface area contributed by atoms with Crippen LogP contribution in [-0.4, -0.2) is 49.1 Å². The number of amides is 2. The summed E-state index contributed by atoms with van der Waals surface area (Å²) in [5.41, 5.74) is 3.23. The second kappa shape index (κ2) is 8.32. The zero-order valence-electron chi connectivity index (χ0n) is 17.6. The molecule has 2 aliphatic rings. The summed E-state index contributed by atoms with van der Waals surface area (Å²) in [6.45, 7) is 8.12. The van der Waals surface area contributed by atoms with Gasteiger partial charge in [0.25, 0.3) is 11.8 Å². The molecular formula is C24H26N2O4. The van der Waals surface area contributed by atoms with Crippen LogP contribution in [0.1, 0.15) is 25.0 Å². The fraction of sp³-hybridized carbons (Fsp3) is 0.333. The Morgan fingerprint density at radius 3 is 2.13 bits per heavy atom. The van der Waals surface area contributed by atoms with Crippen molar-refractivity contribution >= 4 is 23.1 Å². The predicted octanol–water partition coefficient (Wildman–Crippen LogP) is 3.40. The molecule has 6 nitrogen and oxygen atoms in total. The first kappa shape index (κ1) is 20.2. The van der Waals surface area contributed by atoms with E-state index in [1.165, 1.54) is 4.90 Å². The fourth-order valence-electron chi connectivity index (χ4n) is 3.76. The molecule has 30 heavy (non-hydrogen) atoms. The van der Waals surface area contributed by atoms with Crippen molar-refractivity contribution in [2.75, 3.05) is 31.2 Å². The van der Waals surface area contributed by atoms with Gasteiger partial charge in [0, 0.05) is 13.1 Å². The van der Waals surface area contributed by atoms with Crippen LogP contribution < -0.4 is 9.64 Å². The number of aryl methyl sites for hydroxylation is 1. The zero-order chi connectivity index (χ0) is 21.3. The van der Waals surface area contributed by atoms with Gasteiger partial charge in [-0.25, -0.2) is 4.90 Å². The monoisotopic (exact) mass is 406 g/mol. The second-order valence-electron chi connectivity index (χ2n) is 7.80. The summed E-state index contributed by atoms with van der Waals surface area (Å²) in [6.07, 6.45) is 0.0608. The Balaban J connectivity index is 1.76. The van der Waals surface area contributed by atoms with Crippen LogP contribution >= 0.6 is 0 Å². The van der Waals surface area contributed by atoms with Gasteiger partial charge in [0.05, 0.1) is 30.6 Å². The smallest absolute Gasteiger partial charge is 0.282 e. The predicted molar refractivity (Wildman–Crippen MR) is 115 cm³/mol. The summed E-state index contributed by atoms with van der Waals surface area (Å²) in [4.78, 5) is 30.2. The molecule has 0 spiro atoms. The fourth-order valence-corrected chi connectivity index (χ4v) is 3.76. The number of nitrogens with zero attached hydrogens (tertiary/aromatic N) is 2. The van der Waals surface area contributed by atoms with Crippen LogP contribution in [0.3, 0.4) is 0 Å². The molecule has 2 aromatic rings. The molecule has 0 bridgehead atoms. The summed E-state index contributed by atoms with van der Waals surface area (Å²) in [5.74, 6) is 0.139. The molecule has 2 heterocycles. The highest BCUT2D eigenvalue weighted by Gasteiger charge is 2.42. The summed E-state index contributed by atoms with van der Waals surface area (Å²) in [7, 11) is 0. The molecule has 156 valence electrons. The van der Waals surface area contributed by atoms with Crippen LogP contribution in [0.5, 0.6) is 5.75 Å². The van der Waals surface area contributed by atoms with Crippen molar-refractivity contribution in [2.24, 2.45) is 0 Å². The Morgan fingerprint density at radius 1 is 0.900 bits per heavy atom. The standard InChI is InChI=1S/C24H26N2O4/c1-16(2)30-20-10-6-18(7-11-20)21-22(25-12-14-29-15-13-25)24(28)26(23(21)27)19-8-4-17(3)5-9-19/h4-11,16H,12-15H2,1-3H3. The van der Waals surface area contributed by atoms with Crippen molar-refractivity contribution in [3.05, 3.63) is 65.4 Å². The Morgan fingerprint density at radius 2 is 1.53 bits per heavy atom. The van der Waals surface area contributed by atoms with E-state index in [4.69, 9.17) is 9.47 Å². The molecule has 1 saturated heterocycles. The lowest BCUT2D eigenvalue weighted by atomic mass is 10.0. The molecule has 0 aromatic heterocycles. The van der Waals surface area contributed by atoms with Gasteiger partial charge in [-0.15, -0.1) is 0 Å². The van der Waals surface area contributed by atoms with Crippen molar-refractivity contribution in [2.45, 2.75) is 26.9 Å². The maximum absolute atomic E-state index is 13.5. The van der Waals surface area contributed by atoms with Crippen LogP contribution in [0, 0.1) is 6.92 Å². The van der Waals surface area contributed by atoms with Gasteiger partial charge < -0.3 is 14.4 Å².